The Hall–Kier alpha value is -0.900. The monoisotopic (exact) mass is 272 g/mol. The van der Waals surface area contributed by atoms with E-state index in [1.807, 2.05) is 0 Å². The molecule has 1 aromatic rings. The molecule has 4 aliphatic rings. The minimum Gasteiger partial charge on any atom is -0.392 e. The van der Waals surface area contributed by atoms with Gasteiger partial charge in [0.15, 0.2) is 0 Å². The summed E-state index contributed by atoms with van der Waals surface area (Å²) in [6.45, 7) is 10.8. The topological polar surface area (TPSA) is 26.7 Å². The molecule has 0 aromatic heterocycles. The highest BCUT2D eigenvalue weighted by Crippen LogP contribution is 2.54. The number of hydrogen-bond acceptors (Lipinski definition) is 3. The fourth-order valence-corrected chi connectivity index (χ4v) is 5.10. The minimum atomic E-state index is -0.166. The highest BCUT2D eigenvalue weighted by molar-refractivity contribution is 5.31. The minimum absolute atomic E-state index is 0.0322. The zero-order valence-corrected chi connectivity index (χ0v) is 12.6. The van der Waals surface area contributed by atoms with Crippen LogP contribution < -0.4 is 0 Å². The standard InChI is InChI=1S/C17H24N2O/c1-12-6-4-5-7-13(12)14-18-8-16(2)9-19(14)11-17(3,10-18)15(16)20/h4-7,14-15,20H,8-11H2,1-3H3. The van der Waals surface area contributed by atoms with Gasteiger partial charge < -0.3 is 5.11 Å². The van der Waals surface area contributed by atoms with Gasteiger partial charge in [-0.3, -0.25) is 9.80 Å². The summed E-state index contributed by atoms with van der Waals surface area (Å²) in [5, 5.41) is 10.7. The van der Waals surface area contributed by atoms with Crippen LogP contribution in [0.25, 0.3) is 0 Å². The smallest absolute Gasteiger partial charge is 0.0889 e. The second-order valence-electron chi connectivity index (χ2n) is 7.75. The molecule has 1 N–H and O–H groups in total. The predicted octanol–water partition coefficient (Wildman–Crippen LogP) is 2.01. The number of hydrogen-bond donors (Lipinski definition) is 1. The number of piperidine rings is 2. The van der Waals surface area contributed by atoms with Gasteiger partial charge in [-0.05, 0) is 18.1 Å². The molecular formula is C17H24N2O. The van der Waals surface area contributed by atoms with Crippen molar-refractivity contribution in [3.63, 3.8) is 0 Å². The van der Waals surface area contributed by atoms with Gasteiger partial charge in [0, 0.05) is 37.0 Å². The van der Waals surface area contributed by atoms with Gasteiger partial charge in [-0.15, -0.1) is 0 Å². The van der Waals surface area contributed by atoms with E-state index in [0.29, 0.717) is 6.17 Å². The fraction of sp³-hybridized carbons (Fsp3) is 0.647. The molecule has 3 heteroatoms. The SMILES string of the molecule is Cc1ccccc1C1N2CC3(C)CN1CC(C)(C2)C3O. The molecule has 1 aromatic carbocycles. The van der Waals surface area contributed by atoms with Crippen molar-refractivity contribution in [3.05, 3.63) is 35.4 Å². The third kappa shape index (κ3) is 1.51. The summed E-state index contributed by atoms with van der Waals surface area (Å²) >= 11 is 0. The number of nitrogens with zero attached hydrogens (tertiary/aromatic N) is 2. The lowest BCUT2D eigenvalue weighted by molar-refractivity contribution is -0.253. The zero-order valence-electron chi connectivity index (χ0n) is 12.6. The van der Waals surface area contributed by atoms with E-state index in [2.05, 4.69) is 54.8 Å². The average molecular weight is 272 g/mol. The van der Waals surface area contributed by atoms with E-state index in [4.69, 9.17) is 0 Å². The van der Waals surface area contributed by atoms with Crippen molar-refractivity contribution in [2.45, 2.75) is 33.0 Å². The Balaban J connectivity index is 1.76. The van der Waals surface area contributed by atoms with Gasteiger partial charge in [0.25, 0.3) is 0 Å². The molecule has 0 unspecified atom stereocenters. The van der Waals surface area contributed by atoms with Crippen molar-refractivity contribution in [2.24, 2.45) is 10.8 Å². The lowest BCUT2D eigenvalue weighted by atomic mass is 9.60. The first-order valence-corrected chi connectivity index (χ1v) is 7.65. The molecule has 108 valence electrons. The first-order valence-electron chi connectivity index (χ1n) is 7.65. The van der Waals surface area contributed by atoms with E-state index < -0.39 is 0 Å². The molecule has 0 atom stereocenters. The Bertz CT molecular complexity index is 518. The number of aryl methyl sites for hydroxylation is 1. The molecule has 4 bridgehead atoms. The number of aliphatic hydroxyl groups excluding tert-OH is 1. The lowest BCUT2D eigenvalue weighted by Gasteiger charge is -2.68. The molecule has 0 spiro atoms. The number of aliphatic hydroxyl groups is 1. The van der Waals surface area contributed by atoms with Crippen molar-refractivity contribution >= 4 is 0 Å². The summed E-state index contributed by atoms with van der Waals surface area (Å²) in [6.07, 6.45) is 0.241. The molecule has 4 saturated heterocycles. The van der Waals surface area contributed by atoms with Gasteiger partial charge in [0.1, 0.15) is 0 Å². The van der Waals surface area contributed by atoms with Gasteiger partial charge >= 0.3 is 0 Å². The van der Waals surface area contributed by atoms with Crippen molar-refractivity contribution in [1.82, 2.24) is 9.80 Å². The predicted molar refractivity (Wildman–Crippen MR) is 79.3 cm³/mol. The van der Waals surface area contributed by atoms with Gasteiger partial charge in [-0.1, -0.05) is 38.1 Å². The second-order valence-corrected chi connectivity index (χ2v) is 7.75. The van der Waals surface area contributed by atoms with Crippen LogP contribution in [0.3, 0.4) is 0 Å². The molecule has 4 fully saturated rings. The Morgan fingerprint density at radius 1 is 1.00 bits per heavy atom. The van der Waals surface area contributed by atoms with E-state index in [9.17, 15) is 5.11 Å². The fourth-order valence-electron chi connectivity index (χ4n) is 5.10. The first-order chi connectivity index (χ1) is 9.43. The molecule has 20 heavy (non-hydrogen) atoms. The Kier molecular flexibility index (Phi) is 2.46. The Morgan fingerprint density at radius 3 is 2.00 bits per heavy atom. The van der Waals surface area contributed by atoms with Gasteiger partial charge in [0.2, 0.25) is 0 Å². The van der Waals surface area contributed by atoms with Crippen molar-refractivity contribution in [2.75, 3.05) is 26.2 Å². The molecule has 0 saturated carbocycles. The third-order valence-corrected chi connectivity index (χ3v) is 5.74. The zero-order chi connectivity index (χ0) is 14.1. The molecule has 4 heterocycles. The number of rotatable bonds is 1. The molecule has 4 aliphatic heterocycles. The van der Waals surface area contributed by atoms with Crippen LogP contribution >= 0.6 is 0 Å². The van der Waals surface area contributed by atoms with Gasteiger partial charge in [0.05, 0.1) is 12.3 Å². The highest BCUT2D eigenvalue weighted by atomic mass is 16.3. The highest BCUT2D eigenvalue weighted by Gasteiger charge is 2.61. The van der Waals surface area contributed by atoms with Crippen LogP contribution in [0, 0.1) is 17.8 Å². The van der Waals surface area contributed by atoms with Crippen molar-refractivity contribution < 1.29 is 5.11 Å². The van der Waals surface area contributed by atoms with Crippen LogP contribution in [0.1, 0.15) is 31.1 Å². The van der Waals surface area contributed by atoms with Crippen molar-refractivity contribution in [3.8, 4) is 0 Å². The second kappa shape index (κ2) is 3.85. The van der Waals surface area contributed by atoms with E-state index in [-0.39, 0.29) is 16.9 Å². The van der Waals surface area contributed by atoms with E-state index in [0.717, 1.165) is 26.2 Å². The van der Waals surface area contributed by atoms with E-state index in [1.165, 1.54) is 11.1 Å². The van der Waals surface area contributed by atoms with Crippen LogP contribution in [0.5, 0.6) is 0 Å². The molecule has 0 aliphatic carbocycles. The van der Waals surface area contributed by atoms with Crippen LogP contribution in [-0.4, -0.2) is 47.2 Å². The first kappa shape index (κ1) is 12.8. The largest absolute Gasteiger partial charge is 0.392 e. The van der Waals surface area contributed by atoms with Crippen LogP contribution in [-0.2, 0) is 0 Å². The molecule has 3 nitrogen and oxygen atoms in total. The van der Waals surface area contributed by atoms with E-state index >= 15 is 0 Å². The lowest BCUT2D eigenvalue weighted by Crippen LogP contribution is -2.76. The summed E-state index contributed by atoms with van der Waals surface area (Å²) in [6, 6.07) is 8.74. The summed E-state index contributed by atoms with van der Waals surface area (Å²) < 4.78 is 0. The summed E-state index contributed by atoms with van der Waals surface area (Å²) in [5.41, 5.74) is 2.88. The molecule has 0 radical (unpaired) electrons. The normalized spacial score (nSPS) is 49.6. The molecule has 0 amide bonds. The molecular weight excluding hydrogens is 248 g/mol. The average Bonchev–Trinajstić information content (AvgIpc) is 2.36. The maximum atomic E-state index is 10.7. The van der Waals surface area contributed by atoms with Crippen LogP contribution in [0.4, 0.5) is 0 Å². The quantitative estimate of drug-likeness (QED) is 0.847. The third-order valence-electron chi connectivity index (χ3n) is 5.74. The molecule has 5 rings (SSSR count). The van der Waals surface area contributed by atoms with Crippen LogP contribution in [0.15, 0.2) is 24.3 Å². The summed E-state index contributed by atoms with van der Waals surface area (Å²) in [5.74, 6) is 0. The Labute approximate surface area is 121 Å². The van der Waals surface area contributed by atoms with Gasteiger partial charge in [-0.2, -0.15) is 0 Å². The van der Waals surface area contributed by atoms with Crippen molar-refractivity contribution in [1.29, 1.82) is 0 Å². The van der Waals surface area contributed by atoms with E-state index in [1.54, 1.807) is 0 Å². The summed E-state index contributed by atoms with van der Waals surface area (Å²) in [7, 11) is 0. The summed E-state index contributed by atoms with van der Waals surface area (Å²) in [4.78, 5) is 5.17. The van der Waals surface area contributed by atoms with Crippen LogP contribution in [0.2, 0.25) is 0 Å². The number of benzene rings is 1. The Morgan fingerprint density at radius 2 is 1.50 bits per heavy atom. The van der Waals surface area contributed by atoms with Gasteiger partial charge in [-0.25, -0.2) is 0 Å². The maximum absolute atomic E-state index is 10.7. The maximum Gasteiger partial charge on any atom is 0.0889 e.